The van der Waals surface area contributed by atoms with Gasteiger partial charge < -0.3 is 20.1 Å². The molecule has 3 aliphatic rings. The van der Waals surface area contributed by atoms with Gasteiger partial charge in [0, 0.05) is 11.6 Å². The number of rotatable bonds is 2. The monoisotopic (exact) mass is 288 g/mol. The topological polar surface area (TPSA) is 59.6 Å². The van der Waals surface area contributed by atoms with Gasteiger partial charge in [0.25, 0.3) is 5.91 Å². The van der Waals surface area contributed by atoms with Gasteiger partial charge in [-0.2, -0.15) is 0 Å². The Hall–Kier alpha value is -1.75. The van der Waals surface area contributed by atoms with Gasteiger partial charge in [-0.15, -0.1) is 0 Å². The smallest absolute Gasteiger partial charge is 0.251 e. The summed E-state index contributed by atoms with van der Waals surface area (Å²) in [5.74, 6) is 2.89. The lowest BCUT2D eigenvalue weighted by molar-refractivity contribution is 0.0913. The summed E-state index contributed by atoms with van der Waals surface area (Å²) in [7, 11) is 0. The molecule has 2 N–H and O–H groups in total. The summed E-state index contributed by atoms with van der Waals surface area (Å²) < 4.78 is 10.6. The van der Waals surface area contributed by atoms with Crippen LogP contribution >= 0.6 is 0 Å². The van der Waals surface area contributed by atoms with Gasteiger partial charge in [0.1, 0.15) is 0 Å². The third-order valence-corrected chi connectivity index (χ3v) is 4.92. The molecule has 1 aromatic rings. The molecule has 2 fully saturated rings. The average Bonchev–Trinajstić information content (AvgIpc) is 3.14. The van der Waals surface area contributed by atoms with Crippen LogP contribution in [0.15, 0.2) is 18.2 Å². The zero-order chi connectivity index (χ0) is 14.2. The molecule has 1 aromatic carbocycles. The van der Waals surface area contributed by atoms with E-state index in [2.05, 4.69) is 10.6 Å². The highest BCUT2D eigenvalue weighted by atomic mass is 16.7. The number of benzene rings is 1. The number of fused-ring (bicyclic) bond motifs is 2. The summed E-state index contributed by atoms with van der Waals surface area (Å²) in [4.78, 5) is 12.4. The van der Waals surface area contributed by atoms with E-state index < -0.39 is 0 Å². The van der Waals surface area contributed by atoms with E-state index in [0.29, 0.717) is 23.1 Å². The summed E-state index contributed by atoms with van der Waals surface area (Å²) in [6, 6.07) is 5.66. The lowest BCUT2D eigenvalue weighted by atomic mass is 9.79. The molecule has 1 saturated heterocycles. The average molecular weight is 288 g/mol. The highest BCUT2D eigenvalue weighted by molar-refractivity contribution is 5.95. The van der Waals surface area contributed by atoms with Gasteiger partial charge in [0.15, 0.2) is 11.5 Å². The molecule has 0 aromatic heterocycles. The second-order valence-corrected chi connectivity index (χ2v) is 6.23. The Bertz CT molecular complexity index is 560. The summed E-state index contributed by atoms with van der Waals surface area (Å²) in [6.07, 6.45) is 3.39. The molecule has 4 rings (SSSR count). The molecule has 1 aliphatic carbocycles. The number of carbonyl (C=O) groups excluding carboxylic acids is 1. The fourth-order valence-corrected chi connectivity index (χ4v) is 3.74. The van der Waals surface area contributed by atoms with Gasteiger partial charge in [-0.1, -0.05) is 0 Å². The van der Waals surface area contributed by atoms with Crippen molar-refractivity contribution in [2.75, 3.05) is 19.9 Å². The van der Waals surface area contributed by atoms with Crippen molar-refractivity contribution < 1.29 is 14.3 Å². The molecule has 5 heteroatoms. The zero-order valence-electron chi connectivity index (χ0n) is 11.9. The molecule has 2 heterocycles. The summed E-state index contributed by atoms with van der Waals surface area (Å²) in [5.41, 5.74) is 0.644. The van der Waals surface area contributed by atoms with Crippen LogP contribution in [0.1, 0.15) is 29.6 Å². The van der Waals surface area contributed by atoms with Crippen molar-refractivity contribution in [3.05, 3.63) is 23.8 Å². The molecule has 21 heavy (non-hydrogen) atoms. The van der Waals surface area contributed by atoms with Gasteiger partial charge in [0.05, 0.1) is 0 Å². The van der Waals surface area contributed by atoms with E-state index in [4.69, 9.17) is 9.47 Å². The van der Waals surface area contributed by atoms with Crippen molar-refractivity contribution in [3.63, 3.8) is 0 Å². The number of amides is 1. The highest BCUT2D eigenvalue weighted by Gasteiger charge is 2.34. The standard InChI is InChI=1S/C16H20N2O3/c19-16(10-2-4-14-15(6-10)21-9-20-14)18-13-3-1-11-7-17-8-12(11)5-13/h2,4,6,11-13,17H,1,3,5,7-9H2,(H,18,19)/t11-,12+,13?/m0/s1. The Morgan fingerprint density at radius 1 is 1.14 bits per heavy atom. The van der Waals surface area contributed by atoms with Crippen LogP contribution in [0.25, 0.3) is 0 Å². The lowest BCUT2D eigenvalue weighted by Gasteiger charge is -2.31. The SMILES string of the molecule is O=C(NC1CC[C@H]2CNC[C@H]2C1)c1ccc2c(c1)OCO2. The minimum Gasteiger partial charge on any atom is -0.454 e. The molecule has 0 spiro atoms. The van der Waals surface area contributed by atoms with E-state index in [0.717, 1.165) is 37.8 Å². The van der Waals surface area contributed by atoms with Crippen LogP contribution in [-0.2, 0) is 0 Å². The Balaban J connectivity index is 1.41. The molecule has 1 saturated carbocycles. The van der Waals surface area contributed by atoms with E-state index in [1.54, 1.807) is 18.2 Å². The van der Waals surface area contributed by atoms with E-state index in [1.165, 1.54) is 6.42 Å². The molecule has 1 amide bonds. The molecular formula is C16H20N2O3. The largest absolute Gasteiger partial charge is 0.454 e. The first-order chi connectivity index (χ1) is 10.3. The quantitative estimate of drug-likeness (QED) is 0.866. The van der Waals surface area contributed by atoms with Crippen molar-refractivity contribution in [1.29, 1.82) is 0 Å². The minimum absolute atomic E-state index is 0.0114. The number of hydrogen-bond donors (Lipinski definition) is 2. The van der Waals surface area contributed by atoms with Crippen LogP contribution in [0.4, 0.5) is 0 Å². The predicted molar refractivity (Wildman–Crippen MR) is 77.5 cm³/mol. The van der Waals surface area contributed by atoms with Gasteiger partial charge in [-0.05, 0) is 62.4 Å². The van der Waals surface area contributed by atoms with Gasteiger partial charge in [0.2, 0.25) is 6.79 Å². The van der Waals surface area contributed by atoms with E-state index >= 15 is 0 Å². The minimum atomic E-state index is -0.0114. The Labute approximate surface area is 124 Å². The third kappa shape index (κ3) is 2.46. The molecule has 0 bridgehead atoms. The fraction of sp³-hybridized carbons (Fsp3) is 0.562. The molecule has 1 unspecified atom stereocenters. The van der Waals surface area contributed by atoms with E-state index in [1.807, 2.05) is 0 Å². The molecule has 112 valence electrons. The van der Waals surface area contributed by atoms with Crippen molar-refractivity contribution in [2.45, 2.75) is 25.3 Å². The summed E-state index contributed by atoms with van der Waals surface area (Å²) in [6.45, 7) is 2.48. The number of ether oxygens (including phenoxy) is 2. The van der Waals surface area contributed by atoms with E-state index in [-0.39, 0.29) is 12.7 Å². The third-order valence-electron chi connectivity index (χ3n) is 4.92. The second-order valence-electron chi connectivity index (χ2n) is 6.23. The van der Waals surface area contributed by atoms with Crippen LogP contribution in [0.5, 0.6) is 11.5 Å². The van der Waals surface area contributed by atoms with Crippen molar-refractivity contribution in [1.82, 2.24) is 10.6 Å². The molecule has 3 atom stereocenters. The number of carbonyl (C=O) groups is 1. The first-order valence-corrected chi connectivity index (χ1v) is 7.71. The Kier molecular flexibility index (Phi) is 3.22. The van der Waals surface area contributed by atoms with E-state index in [9.17, 15) is 4.79 Å². The Morgan fingerprint density at radius 2 is 2.00 bits per heavy atom. The maximum absolute atomic E-state index is 12.4. The predicted octanol–water partition coefficient (Wildman–Crippen LogP) is 1.53. The second kappa shape index (κ2) is 5.22. The van der Waals surface area contributed by atoms with Crippen LogP contribution in [-0.4, -0.2) is 31.8 Å². The summed E-state index contributed by atoms with van der Waals surface area (Å²) >= 11 is 0. The molecule has 0 radical (unpaired) electrons. The summed E-state index contributed by atoms with van der Waals surface area (Å²) in [5, 5.41) is 6.63. The van der Waals surface area contributed by atoms with Crippen molar-refractivity contribution >= 4 is 5.91 Å². The highest BCUT2D eigenvalue weighted by Crippen LogP contribution is 2.34. The normalized spacial score (nSPS) is 30.0. The number of nitrogens with one attached hydrogen (secondary N) is 2. The van der Waals surface area contributed by atoms with Crippen molar-refractivity contribution in [2.24, 2.45) is 11.8 Å². The molecular weight excluding hydrogens is 268 g/mol. The molecule has 5 nitrogen and oxygen atoms in total. The number of hydrogen-bond acceptors (Lipinski definition) is 4. The van der Waals surface area contributed by atoms with Crippen LogP contribution in [0.2, 0.25) is 0 Å². The van der Waals surface area contributed by atoms with Crippen LogP contribution < -0.4 is 20.1 Å². The maximum atomic E-state index is 12.4. The lowest BCUT2D eigenvalue weighted by Crippen LogP contribution is -2.40. The Morgan fingerprint density at radius 3 is 2.95 bits per heavy atom. The van der Waals surface area contributed by atoms with Gasteiger partial charge in [-0.3, -0.25) is 4.79 Å². The first-order valence-electron chi connectivity index (χ1n) is 7.71. The van der Waals surface area contributed by atoms with Gasteiger partial charge >= 0.3 is 0 Å². The molecule has 2 aliphatic heterocycles. The van der Waals surface area contributed by atoms with Crippen LogP contribution in [0.3, 0.4) is 0 Å². The van der Waals surface area contributed by atoms with Crippen molar-refractivity contribution in [3.8, 4) is 11.5 Å². The fourth-order valence-electron chi connectivity index (χ4n) is 3.74. The zero-order valence-corrected chi connectivity index (χ0v) is 11.9. The van der Waals surface area contributed by atoms with Crippen LogP contribution in [0, 0.1) is 11.8 Å². The maximum Gasteiger partial charge on any atom is 0.251 e. The van der Waals surface area contributed by atoms with Gasteiger partial charge in [-0.25, -0.2) is 0 Å². The first kappa shape index (κ1) is 13.0.